The molecule has 0 aromatic carbocycles. The third-order valence-electron chi connectivity index (χ3n) is 2.09. The van der Waals surface area contributed by atoms with Crippen molar-refractivity contribution in [2.24, 2.45) is 5.73 Å². The van der Waals surface area contributed by atoms with E-state index in [2.05, 4.69) is 5.32 Å². The van der Waals surface area contributed by atoms with E-state index in [0.717, 1.165) is 25.6 Å². The predicted molar refractivity (Wildman–Crippen MR) is 65.3 cm³/mol. The van der Waals surface area contributed by atoms with Gasteiger partial charge in [0.05, 0.1) is 0 Å². The minimum absolute atomic E-state index is 0.668. The fourth-order valence-corrected chi connectivity index (χ4v) is 2.94. The third-order valence-corrected chi connectivity index (χ3v) is 4.92. The predicted octanol–water partition coefficient (Wildman–Crippen LogP) is -0.382. The Morgan fingerprint density at radius 3 is 2.00 bits per heavy atom. The molecule has 0 saturated heterocycles. The molecule has 0 atom stereocenters. The second kappa shape index (κ2) is 12.8. The Labute approximate surface area is 98.8 Å². The van der Waals surface area contributed by atoms with E-state index in [9.17, 15) is 0 Å². The number of carbonyl (C=O) groups is 1. The van der Waals surface area contributed by atoms with E-state index in [1.54, 1.807) is 21.3 Å². The summed E-state index contributed by atoms with van der Waals surface area (Å²) in [4.78, 5) is 8.00. The van der Waals surface area contributed by atoms with Gasteiger partial charge in [-0.1, -0.05) is 0 Å². The van der Waals surface area contributed by atoms with E-state index in [1.807, 2.05) is 6.79 Å². The maximum Gasteiger partial charge on any atom is 0.500 e. The topological polar surface area (TPSA) is 82.8 Å². The average molecular weight is 252 g/mol. The molecule has 0 spiro atoms. The van der Waals surface area contributed by atoms with Gasteiger partial charge in [-0.15, -0.1) is 0 Å². The minimum Gasteiger partial charge on any atom is -0.377 e. The molecule has 0 aromatic heterocycles. The first-order chi connectivity index (χ1) is 7.74. The van der Waals surface area contributed by atoms with Crippen LogP contribution in [0.2, 0.25) is 6.04 Å². The quantitative estimate of drug-likeness (QED) is 0.430. The number of hydrogen-bond acceptors (Lipinski definition) is 6. The highest BCUT2D eigenvalue weighted by Gasteiger charge is 2.36. The van der Waals surface area contributed by atoms with Crippen LogP contribution in [0.5, 0.6) is 0 Å². The molecule has 0 aliphatic heterocycles. The van der Waals surface area contributed by atoms with E-state index < -0.39 is 8.80 Å². The van der Waals surface area contributed by atoms with Crippen molar-refractivity contribution in [3.05, 3.63) is 0 Å². The summed E-state index contributed by atoms with van der Waals surface area (Å²) in [7, 11) is 2.55. The highest BCUT2D eigenvalue weighted by Crippen LogP contribution is 2.13. The lowest BCUT2D eigenvalue weighted by molar-refractivity contribution is -0.0979. The number of nitrogens with one attached hydrogen (secondary N) is 1. The van der Waals surface area contributed by atoms with Gasteiger partial charge >= 0.3 is 8.80 Å². The molecule has 98 valence electrons. The standard InChI is InChI=1S/C8H22N2O3Si.CH2O/c1-11-14(12-2,13-3)8-4-6-10-7-5-9;1-2/h10H,4-9H2,1-3H3;1H2. The number of nitrogens with two attached hydrogens (primary N) is 1. The minimum atomic E-state index is -2.35. The van der Waals surface area contributed by atoms with Crippen molar-refractivity contribution < 1.29 is 18.1 Å². The average Bonchev–Trinajstić information content (AvgIpc) is 2.37. The van der Waals surface area contributed by atoms with Gasteiger partial charge in [0, 0.05) is 40.5 Å². The van der Waals surface area contributed by atoms with Gasteiger partial charge in [0.2, 0.25) is 0 Å². The van der Waals surface area contributed by atoms with E-state index in [1.165, 1.54) is 0 Å². The summed E-state index contributed by atoms with van der Waals surface area (Å²) in [5.74, 6) is 0. The second-order valence-electron chi connectivity index (χ2n) is 2.94. The summed E-state index contributed by atoms with van der Waals surface area (Å²) in [5, 5.41) is 3.21. The molecule has 0 unspecified atom stereocenters. The van der Waals surface area contributed by atoms with Gasteiger partial charge in [-0.2, -0.15) is 0 Å². The summed E-state index contributed by atoms with van der Waals surface area (Å²) < 4.78 is 15.9. The second-order valence-corrected chi connectivity index (χ2v) is 6.03. The Bertz CT molecular complexity index is 139. The van der Waals surface area contributed by atoms with Crippen molar-refractivity contribution in [1.82, 2.24) is 5.32 Å². The lowest BCUT2D eigenvalue weighted by Gasteiger charge is -2.24. The lowest BCUT2D eigenvalue weighted by atomic mass is 10.5. The number of carbonyl (C=O) groups excluding carboxylic acids is 1. The van der Waals surface area contributed by atoms with Crippen molar-refractivity contribution in [3.8, 4) is 0 Å². The molecule has 0 aliphatic rings. The molecule has 0 aliphatic carbocycles. The van der Waals surface area contributed by atoms with Crippen LogP contribution in [0.15, 0.2) is 0 Å². The first-order valence-corrected chi connectivity index (χ1v) is 7.03. The molecule has 0 aromatic rings. The van der Waals surface area contributed by atoms with E-state index >= 15 is 0 Å². The van der Waals surface area contributed by atoms with Crippen LogP contribution in [0, 0.1) is 0 Å². The zero-order chi connectivity index (χ0) is 12.9. The molecule has 7 heteroatoms. The Kier molecular flexibility index (Phi) is 14.4. The highest BCUT2D eigenvalue weighted by atomic mass is 28.4. The van der Waals surface area contributed by atoms with Crippen LogP contribution in [-0.2, 0) is 18.1 Å². The largest absolute Gasteiger partial charge is 0.500 e. The van der Waals surface area contributed by atoms with Crippen molar-refractivity contribution in [1.29, 1.82) is 0 Å². The third kappa shape index (κ3) is 7.91. The van der Waals surface area contributed by atoms with E-state index in [0.29, 0.717) is 6.54 Å². The lowest BCUT2D eigenvalue weighted by Crippen LogP contribution is -2.43. The van der Waals surface area contributed by atoms with Crippen LogP contribution in [0.4, 0.5) is 0 Å². The van der Waals surface area contributed by atoms with Gasteiger partial charge in [0.25, 0.3) is 0 Å². The first kappa shape index (κ1) is 18.1. The van der Waals surface area contributed by atoms with Gasteiger partial charge < -0.3 is 29.1 Å². The summed E-state index contributed by atoms with van der Waals surface area (Å²) in [6, 6.07) is 0.827. The van der Waals surface area contributed by atoms with Gasteiger partial charge in [-0.3, -0.25) is 0 Å². The molecule has 0 bridgehead atoms. The summed E-state index contributed by atoms with van der Waals surface area (Å²) in [5.41, 5.74) is 5.35. The van der Waals surface area contributed by atoms with Crippen LogP contribution >= 0.6 is 0 Å². The number of rotatable bonds is 9. The van der Waals surface area contributed by atoms with E-state index in [-0.39, 0.29) is 0 Å². The van der Waals surface area contributed by atoms with Crippen molar-refractivity contribution >= 4 is 15.6 Å². The van der Waals surface area contributed by atoms with E-state index in [4.69, 9.17) is 23.8 Å². The Morgan fingerprint density at radius 1 is 1.12 bits per heavy atom. The summed E-state index contributed by atoms with van der Waals surface area (Å²) in [6.45, 7) is 4.44. The summed E-state index contributed by atoms with van der Waals surface area (Å²) >= 11 is 0. The van der Waals surface area contributed by atoms with Gasteiger partial charge in [-0.05, 0) is 13.0 Å². The summed E-state index contributed by atoms with van der Waals surface area (Å²) in [6.07, 6.45) is 0.974. The van der Waals surface area contributed by atoms with Crippen LogP contribution in [0.1, 0.15) is 6.42 Å². The van der Waals surface area contributed by atoms with Gasteiger partial charge in [0.1, 0.15) is 6.79 Å². The van der Waals surface area contributed by atoms with Crippen LogP contribution < -0.4 is 11.1 Å². The monoisotopic (exact) mass is 252 g/mol. The molecule has 0 heterocycles. The van der Waals surface area contributed by atoms with Gasteiger partial charge in [0.15, 0.2) is 0 Å². The molecule has 16 heavy (non-hydrogen) atoms. The normalized spacial score (nSPS) is 10.8. The Morgan fingerprint density at radius 2 is 1.62 bits per heavy atom. The maximum absolute atomic E-state index is 8.00. The SMILES string of the molecule is C=O.CO[Si](CCCNCCN)(OC)OC. The van der Waals surface area contributed by atoms with Crippen molar-refractivity contribution in [3.63, 3.8) is 0 Å². The zero-order valence-corrected chi connectivity index (χ0v) is 11.5. The fraction of sp³-hybridized carbons (Fsp3) is 0.889. The molecular formula is C9H24N2O4Si. The first-order valence-electron chi connectivity index (χ1n) is 5.09. The fourth-order valence-electron chi connectivity index (χ4n) is 1.21. The van der Waals surface area contributed by atoms with Crippen molar-refractivity contribution in [2.45, 2.75) is 12.5 Å². The van der Waals surface area contributed by atoms with Crippen molar-refractivity contribution in [2.75, 3.05) is 41.0 Å². The van der Waals surface area contributed by atoms with Crippen LogP contribution in [0.3, 0.4) is 0 Å². The highest BCUT2D eigenvalue weighted by molar-refractivity contribution is 6.60. The van der Waals surface area contributed by atoms with Gasteiger partial charge in [-0.25, -0.2) is 0 Å². The maximum atomic E-state index is 8.00. The molecule has 0 amide bonds. The smallest absolute Gasteiger partial charge is 0.377 e. The van der Waals surface area contributed by atoms with Crippen LogP contribution in [0.25, 0.3) is 0 Å². The number of hydrogen-bond donors (Lipinski definition) is 2. The van der Waals surface area contributed by atoms with Crippen LogP contribution in [-0.4, -0.2) is 56.6 Å². The molecule has 0 fully saturated rings. The Hall–Kier alpha value is -0.313. The molecule has 0 radical (unpaired) electrons. The molecule has 3 N–H and O–H groups in total. The molecule has 0 rings (SSSR count). The zero-order valence-electron chi connectivity index (χ0n) is 10.5. The molecule has 6 nitrogen and oxygen atoms in total. The molecule has 0 saturated carbocycles. The molecular weight excluding hydrogens is 228 g/mol. The Balaban J connectivity index is 0.